The molecule has 148 valence electrons. The Bertz CT molecular complexity index is 753. The van der Waals surface area contributed by atoms with Crippen LogP contribution in [0.15, 0.2) is 17.5 Å². The Morgan fingerprint density at radius 3 is 2.37 bits per heavy atom. The van der Waals surface area contributed by atoms with Crippen LogP contribution in [0.5, 0.6) is 17.2 Å². The average molecular weight is 395 g/mol. The number of nitrogens with zero attached hydrogens (tertiary/aromatic N) is 2. The molecular formula is C18H25N3O5S. The fourth-order valence-corrected chi connectivity index (χ4v) is 3.21. The van der Waals surface area contributed by atoms with Crippen molar-refractivity contribution in [3.8, 4) is 17.2 Å². The van der Waals surface area contributed by atoms with Crippen molar-refractivity contribution in [3.05, 3.63) is 33.8 Å². The first kappa shape index (κ1) is 20.9. The molecule has 1 atom stereocenters. The number of aliphatic hydroxyl groups excluding tert-OH is 1. The van der Waals surface area contributed by atoms with Crippen molar-refractivity contribution in [1.82, 2.24) is 15.2 Å². The predicted molar refractivity (Wildman–Crippen MR) is 103 cm³/mol. The average Bonchev–Trinajstić information content (AvgIpc) is 3.15. The lowest BCUT2D eigenvalue weighted by Gasteiger charge is -2.16. The molecule has 1 unspecified atom stereocenters. The lowest BCUT2D eigenvalue weighted by Crippen LogP contribution is -2.31. The van der Waals surface area contributed by atoms with E-state index in [1.165, 1.54) is 32.7 Å². The number of aromatic nitrogens is 1. The molecule has 1 heterocycles. The molecule has 0 aliphatic rings. The van der Waals surface area contributed by atoms with Gasteiger partial charge in [-0.2, -0.15) is 0 Å². The number of carbonyl (C=O) groups excluding carboxylic acids is 1. The number of rotatable bonds is 9. The van der Waals surface area contributed by atoms with E-state index in [4.69, 9.17) is 14.2 Å². The molecule has 0 aliphatic carbocycles. The summed E-state index contributed by atoms with van der Waals surface area (Å²) < 4.78 is 15.9. The second kappa shape index (κ2) is 9.54. The molecule has 0 saturated carbocycles. The van der Waals surface area contributed by atoms with E-state index >= 15 is 0 Å². The first-order valence-corrected chi connectivity index (χ1v) is 9.15. The first-order valence-electron chi connectivity index (χ1n) is 8.27. The highest BCUT2D eigenvalue weighted by Gasteiger charge is 2.22. The Kier molecular flexibility index (Phi) is 7.40. The van der Waals surface area contributed by atoms with Crippen LogP contribution in [-0.2, 0) is 0 Å². The van der Waals surface area contributed by atoms with E-state index in [9.17, 15) is 9.90 Å². The van der Waals surface area contributed by atoms with Gasteiger partial charge in [-0.15, -0.1) is 11.3 Å². The van der Waals surface area contributed by atoms with Gasteiger partial charge in [0.1, 0.15) is 16.8 Å². The van der Waals surface area contributed by atoms with E-state index < -0.39 is 6.10 Å². The van der Waals surface area contributed by atoms with Gasteiger partial charge in [0.05, 0.1) is 21.3 Å². The van der Waals surface area contributed by atoms with E-state index in [0.717, 1.165) is 6.54 Å². The molecule has 0 saturated heterocycles. The molecule has 1 aromatic heterocycles. The maximum atomic E-state index is 12.2. The van der Waals surface area contributed by atoms with Gasteiger partial charge in [0, 0.05) is 18.5 Å². The minimum Gasteiger partial charge on any atom is -0.493 e. The fraction of sp³-hybridized carbons (Fsp3) is 0.444. The minimum atomic E-state index is -1.02. The Balaban J connectivity index is 2.20. The molecular weight excluding hydrogens is 370 g/mol. The number of nitrogens with one attached hydrogen (secondary N) is 1. The van der Waals surface area contributed by atoms with E-state index in [-0.39, 0.29) is 11.6 Å². The number of methoxy groups -OCH3 is 3. The summed E-state index contributed by atoms with van der Waals surface area (Å²) in [5.74, 6) is 1.04. The lowest BCUT2D eigenvalue weighted by molar-refractivity contribution is 0.0946. The van der Waals surface area contributed by atoms with E-state index in [1.807, 2.05) is 19.0 Å². The number of likely N-dealkylation sites (N-methyl/N-ethyl adjacent to an activating group) is 1. The SMILES string of the molecule is COc1cc(C(O)c2nc(C(=O)NCCN(C)C)cs2)cc(OC)c1OC. The van der Waals surface area contributed by atoms with Crippen LogP contribution in [-0.4, -0.2) is 69.4 Å². The number of carbonyl (C=O) groups is 1. The van der Waals surface area contributed by atoms with Gasteiger partial charge < -0.3 is 29.5 Å². The maximum Gasteiger partial charge on any atom is 0.270 e. The largest absolute Gasteiger partial charge is 0.493 e. The van der Waals surface area contributed by atoms with Crippen molar-refractivity contribution < 1.29 is 24.1 Å². The third-order valence-electron chi connectivity index (χ3n) is 3.84. The van der Waals surface area contributed by atoms with Crippen molar-refractivity contribution in [1.29, 1.82) is 0 Å². The third kappa shape index (κ3) is 5.09. The molecule has 0 bridgehead atoms. The zero-order valence-electron chi connectivity index (χ0n) is 16.1. The smallest absolute Gasteiger partial charge is 0.270 e. The number of thiazole rings is 1. The van der Waals surface area contributed by atoms with Gasteiger partial charge in [-0.3, -0.25) is 4.79 Å². The lowest BCUT2D eigenvalue weighted by atomic mass is 10.1. The molecule has 2 aromatic rings. The summed E-state index contributed by atoms with van der Waals surface area (Å²) >= 11 is 1.21. The Hall–Kier alpha value is -2.36. The summed E-state index contributed by atoms with van der Waals surface area (Å²) in [7, 11) is 8.39. The van der Waals surface area contributed by atoms with Gasteiger partial charge in [0.25, 0.3) is 5.91 Å². The predicted octanol–water partition coefficient (Wildman–Crippen LogP) is 1.54. The zero-order valence-corrected chi connectivity index (χ0v) is 16.9. The van der Waals surface area contributed by atoms with Crippen LogP contribution in [0.4, 0.5) is 0 Å². The van der Waals surface area contributed by atoms with Gasteiger partial charge >= 0.3 is 0 Å². The zero-order chi connectivity index (χ0) is 20.0. The molecule has 8 nitrogen and oxygen atoms in total. The van der Waals surface area contributed by atoms with Gasteiger partial charge in [-0.25, -0.2) is 4.98 Å². The minimum absolute atomic E-state index is 0.267. The highest BCUT2D eigenvalue weighted by atomic mass is 32.1. The summed E-state index contributed by atoms with van der Waals surface area (Å²) in [4.78, 5) is 18.4. The molecule has 1 amide bonds. The van der Waals surface area contributed by atoms with E-state index in [2.05, 4.69) is 10.3 Å². The number of amides is 1. The quantitative estimate of drug-likeness (QED) is 0.665. The number of benzene rings is 1. The van der Waals surface area contributed by atoms with Crippen molar-refractivity contribution in [3.63, 3.8) is 0 Å². The summed E-state index contributed by atoms with van der Waals surface area (Å²) in [5, 5.41) is 15.5. The third-order valence-corrected chi connectivity index (χ3v) is 4.73. The highest BCUT2D eigenvalue weighted by Crippen LogP contribution is 2.41. The summed E-state index contributed by atoms with van der Waals surface area (Å²) in [6.45, 7) is 1.25. The normalized spacial score (nSPS) is 12.0. The maximum absolute atomic E-state index is 12.2. The standard InChI is InChI=1S/C18H25N3O5S/c1-21(2)7-6-19-17(23)12-10-27-18(20-12)15(22)11-8-13(24-3)16(26-5)14(9-11)25-4/h8-10,15,22H,6-7H2,1-5H3,(H,19,23). The second-order valence-corrected chi connectivity index (χ2v) is 6.88. The monoisotopic (exact) mass is 395 g/mol. The topological polar surface area (TPSA) is 93.2 Å². The molecule has 0 spiro atoms. The van der Waals surface area contributed by atoms with Gasteiger partial charge in [0.15, 0.2) is 11.5 Å². The van der Waals surface area contributed by atoms with Gasteiger partial charge in [0.2, 0.25) is 5.75 Å². The summed E-state index contributed by atoms with van der Waals surface area (Å²) in [5.41, 5.74) is 0.804. The summed E-state index contributed by atoms with van der Waals surface area (Å²) in [6.07, 6.45) is -1.02. The van der Waals surface area contributed by atoms with Crippen molar-refractivity contribution in [2.45, 2.75) is 6.10 Å². The Morgan fingerprint density at radius 1 is 1.22 bits per heavy atom. The molecule has 9 heteroatoms. The fourth-order valence-electron chi connectivity index (χ4n) is 2.40. The number of ether oxygens (including phenoxy) is 3. The van der Waals surface area contributed by atoms with Gasteiger partial charge in [-0.05, 0) is 31.8 Å². The second-order valence-electron chi connectivity index (χ2n) is 5.99. The molecule has 0 fully saturated rings. The van der Waals surface area contributed by atoms with Crippen LogP contribution in [0.3, 0.4) is 0 Å². The summed E-state index contributed by atoms with van der Waals surface area (Å²) in [6, 6.07) is 3.31. The Labute approximate surface area is 162 Å². The molecule has 0 aliphatic heterocycles. The van der Waals surface area contributed by atoms with Crippen LogP contribution in [0.2, 0.25) is 0 Å². The van der Waals surface area contributed by atoms with Crippen LogP contribution < -0.4 is 19.5 Å². The van der Waals surface area contributed by atoms with Crippen LogP contribution in [0.25, 0.3) is 0 Å². The molecule has 1 aromatic carbocycles. The van der Waals surface area contributed by atoms with Crippen LogP contribution in [0, 0.1) is 0 Å². The molecule has 27 heavy (non-hydrogen) atoms. The van der Waals surface area contributed by atoms with Gasteiger partial charge in [-0.1, -0.05) is 0 Å². The van der Waals surface area contributed by atoms with E-state index in [1.54, 1.807) is 17.5 Å². The van der Waals surface area contributed by atoms with Crippen molar-refractivity contribution in [2.24, 2.45) is 0 Å². The van der Waals surface area contributed by atoms with E-state index in [0.29, 0.717) is 34.4 Å². The molecule has 2 rings (SSSR count). The molecule has 2 N–H and O–H groups in total. The van der Waals surface area contributed by atoms with Crippen LogP contribution >= 0.6 is 11.3 Å². The number of hydrogen-bond donors (Lipinski definition) is 2. The van der Waals surface area contributed by atoms with Crippen molar-refractivity contribution >= 4 is 17.2 Å². The highest BCUT2D eigenvalue weighted by molar-refractivity contribution is 7.09. The first-order chi connectivity index (χ1) is 12.9. The number of hydrogen-bond acceptors (Lipinski definition) is 8. The van der Waals surface area contributed by atoms with Crippen LogP contribution in [0.1, 0.15) is 27.2 Å². The Morgan fingerprint density at radius 2 is 1.85 bits per heavy atom. The molecule has 0 radical (unpaired) electrons. The van der Waals surface area contributed by atoms with Crippen molar-refractivity contribution in [2.75, 3.05) is 48.5 Å². The number of aliphatic hydroxyl groups is 1.